The molecule has 0 unspecified atom stereocenters. The molecule has 0 aliphatic rings. The van der Waals surface area contributed by atoms with E-state index >= 15 is 0 Å². The van der Waals surface area contributed by atoms with Crippen LogP contribution in [0.3, 0.4) is 0 Å². The van der Waals surface area contributed by atoms with Crippen LogP contribution in [0.2, 0.25) is 0 Å². The average molecular weight is 334 g/mol. The molecular weight excluding hydrogens is 316 g/mol. The molecule has 0 radical (unpaired) electrons. The smallest absolute Gasteiger partial charge is 0.345 e. The minimum Gasteiger partial charge on any atom is -0.477 e. The van der Waals surface area contributed by atoms with Crippen LogP contribution in [0.5, 0.6) is 0 Å². The number of hydrogen-bond acceptors (Lipinski definition) is 5. The SMILES string of the molecule is CCNC(=O)CN(CC)S(=O)(=O)c1cc(C(=O)O)sc1C. The van der Waals surface area contributed by atoms with Gasteiger partial charge in [-0.25, -0.2) is 13.2 Å². The minimum absolute atomic E-state index is 0.0415. The summed E-state index contributed by atoms with van der Waals surface area (Å²) < 4.78 is 26.1. The van der Waals surface area contributed by atoms with E-state index in [9.17, 15) is 18.0 Å². The topological polar surface area (TPSA) is 104 Å². The maximum atomic E-state index is 12.5. The standard InChI is InChI=1S/C12H18N2O5S2/c1-4-13-11(15)7-14(5-2)21(18,19)10-6-9(12(16)17)20-8(10)3/h6H,4-5,7H2,1-3H3,(H,13,15)(H,16,17). The van der Waals surface area contributed by atoms with E-state index in [4.69, 9.17) is 5.11 Å². The van der Waals surface area contributed by atoms with Crippen molar-refractivity contribution in [3.63, 3.8) is 0 Å². The van der Waals surface area contributed by atoms with Gasteiger partial charge in [0.2, 0.25) is 15.9 Å². The Balaban J connectivity index is 3.13. The number of nitrogens with zero attached hydrogens (tertiary/aromatic N) is 1. The summed E-state index contributed by atoms with van der Waals surface area (Å²) in [6.07, 6.45) is 0. The van der Waals surface area contributed by atoms with Crippen LogP contribution in [0, 0.1) is 6.92 Å². The predicted octanol–water partition coefficient (Wildman–Crippen LogP) is 0.901. The van der Waals surface area contributed by atoms with Crippen LogP contribution >= 0.6 is 11.3 Å². The van der Waals surface area contributed by atoms with Crippen LogP contribution in [0.4, 0.5) is 0 Å². The molecule has 0 bridgehead atoms. The molecule has 9 heteroatoms. The van der Waals surface area contributed by atoms with Crippen molar-refractivity contribution in [1.29, 1.82) is 0 Å². The van der Waals surface area contributed by atoms with Gasteiger partial charge in [-0.2, -0.15) is 4.31 Å². The molecule has 1 aromatic rings. The summed E-state index contributed by atoms with van der Waals surface area (Å²) in [5.41, 5.74) is 0. The molecule has 0 saturated carbocycles. The Labute approximate surface area is 127 Å². The summed E-state index contributed by atoms with van der Waals surface area (Å²) in [4.78, 5) is 22.8. The van der Waals surface area contributed by atoms with Crippen LogP contribution in [-0.4, -0.2) is 49.3 Å². The maximum absolute atomic E-state index is 12.5. The van der Waals surface area contributed by atoms with Crippen molar-refractivity contribution in [3.8, 4) is 0 Å². The van der Waals surface area contributed by atoms with Gasteiger partial charge >= 0.3 is 5.97 Å². The van der Waals surface area contributed by atoms with Crippen molar-refractivity contribution in [3.05, 3.63) is 15.8 Å². The van der Waals surface area contributed by atoms with Crippen molar-refractivity contribution in [1.82, 2.24) is 9.62 Å². The maximum Gasteiger partial charge on any atom is 0.345 e. The molecule has 1 rings (SSSR count). The number of nitrogens with one attached hydrogen (secondary N) is 1. The van der Waals surface area contributed by atoms with E-state index in [2.05, 4.69) is 5.32 Å². The zero-order valence-corrected chi connectivity index (χ0v) is 13.7. The van der Waals surface area contributed by atoms with Crippen LogP contribution in [0.25, 0.3) is 0 Å². The van der Waals surface area contributed by atoms with Crippen molar-refractivity contribution < 1.29 is 23.1 Å². The van der Waals surface area contributed by atoms with Crippen LogP contribution in [0.15, 0.2) is 11.0 Å². The zero-order chi connectivity index (χ0) is 16.2. The van der Waals surface area contributed by atoms with Gasteiger partial charge in [-0.3, -0.25) is 4.79 Å². The molecule has 0 spiro atoms. The Morgan fingerprint density at radius 1 is 1.38 bits per heavy atom. The first kappa shape index (κ1) is 17.6. The second kappa shape index (κ2) is 7.01. The third-order valence-electron chi connectivity index (χ3n) is 2.75. The number of carboxylic acids is 1. The number of amides is 1. The van der Waals surface area contributed by atoms with E-state index in [1.165, 1.54) is 0 Å². The lowest BCUT2D eigenvalue weighted by atomic mass is 10.4. The Hall–Kier alpha value is -1.45. The van der Waals surface area contributed by atoms with Crippen molar-refractivity contribution in [2.75, 3.05) is 19.6 Å². The van der Waals surface area contributed by atoms with E-state index in [0.717, 1.165) is 21.7 Å². The number of likely N-dealkylation sites (N-methyl/N-ethyl adjacent to an activating group) is 2. The largest absolute Gasteiger partial charge is 0.477 e. The highest BCUT2D eigenvalue weighted by Gasteiger charge is 2.29. The number of sulfonamides is 1. The van der Waals surface area contributed by atoms with Gasteiger partial charge in [0.25, 0.3) is 0 Å². The van der Waals surface area contributed by atoms with Gasteiger partial charge in [0.05, 0.1) is 11.4 Å². The first-order valence-corrected chi connectivity index (χ1v) is 8.60. The lowest BCUT2D eigenvalue weighted by molar-refractivity contribution is -0.121. The summed E-state index contributed by atoms with van der Waals surface area (Å²) in [6.45, 7) is 5.16. The molecule has 1 aromatic heterocycles. The van der Waals surface area contributed by atoms with E-state index in [0.29, 0.717) is 11.4 Å². The van der Waals surface area contributed by atoms with E-state index in [-0.39, 0.29) is 22.9 Å². The number of aryl methyl sites for hydroxylation is 1. The van der Waals surface area contributed by atoms with Gasteiger partial charge in [-0.05, 0) is 19.9 Å². The molecule has 0 aromatic carbocycles. The van der Waals surface area contributed by atoms with Crippen LogP contribution in [0.1, 0.15) is 28.4 Å². The Morgan fingerprint density at radius 3 is 2.43 bits per heavy atom. The second-order valence-electron chi connectivity index (χ2n) is 4.22. The van der Waals surface area contributed by atoms with Gasteiger partial charge in [0.1, 0.15) is 4.88 Å². The quantitative estimate of drug-likeness (QED) is 0.771. The van der Waals surface area contributed by atoms with Gasteiger partial charge in [0, 0.05) is 18.0 Å². The predicted molar refractivity (Wildman–Crippen MR) is 79.1 cm³/mol. The lowest BCUT2D eigenvalue weighted by Crippen LogP contribution is -2.40. The van der Waals surface area contributed by atoms with Gasteiger partial charge < -0.3 is 10.4 Å². The third kappa shape index (κ3) is 4.02. The number of carboxylic acid groups (broad SMARTS) is 1. The molecule has 0 fully saturated rings. The molecule has 0 atom stereocenters. The summed E-state index contributed by atoms with van der Waals surface area (Å²) in [5.74, 6) is -1.56. The number of rotatable bonds is 7. The fraction of sp³-hybridized carbons (Fsp3) is 0.500. The van der Waals surface area contributed by atoms with Gasteiger partial charge in [0.15, 0.2) is 0 Å². The van der Waals surface area contributed by atoms with E-state index in [1.54, 1.807) is 20.8 Å². The number of aromatic carboxylic acids is 1. The highest BCUT2D eigenvalue weighted by Crippen LogP contribution is 2.28. The Bertz CT molecular complexity index is 636. The van der Waals surface area contributed by atoms with Crippen molar-refractivity contribution in [2.24, 2.45) is 0 Å². The first-order chi connectivity index (χ1) is 9.73. The van der Waals surface area contributed by atoms with Crippen molar-refractivity contribution in [2.45, 2.75) is 25.7 Å². The fourth-order valence-corrected chi connectivity index (χ4v) is 4.55. The Morgan fingerprint density at radius 2 is 2.00 bits per heavy atom. The molecule has 21 heavy (non-hydrogen) atoms. The number of carbonyl (C=O) groups excluding carboxylic acids is 1. The number of carbonyl (C=O) groups is 2. The molecular formula is C12H18N2O5S2. The zero-order valence-electron chi connectivity index (χ0n) is 12.0. The molecule has 1 amide bonds. The highest BCUT2D eigenvalue weighted by atomic mass is 32.2. The van der Waals surface area contributed by atoms with E-state index in [1.807, 2.05) is 0 Å². The van der Waals surface area contributed by atoms with Crippen LogP contribution in [-0.2, 0) is 14.8 Å². The number of thiophene rings is 1. The second-order valence-corrected chi connectivity index (χ2v) is 7.38. The lowest BCUT2D eigenvalue weighted by Gasteiger charge is -2.19. The van der Waals surface area contributed by atoms with Crippen molar-refractivity contribution >= 4 is 33.2 Å². The molecule has 1 heterocycles. The Kier molecular flexibility index (Phi) is 5.87. The minimum atomic E-state index is -3.89. The normalized spacial score (nSPS) is 11.6. The molecule has 0 aliphatic carbocycles. The third-order valence-corrected chi connectivity index (χ3v) is 5.96. The molecule has 0 saturated heterocycles. The van der Waals surface area contributed by atoms with Gasteiger partial charge in [-0.15, -0.1) is 11.3 Å². The summed E-state index contributed by atoms with van der Waals surface area (Å²) in [6, 6.07) is 1.14. The summed E-state index contributed by atoms with van der Waals surface area (Å²) >= 11 is 0.900. The van der Waals surface area contributed by atoms with E-state index < -0.39 is 21.9 Å². The molecule has 118 valence electrons. The average Bonchev–Trinajstić information content (AvgIpc) is 2.79. The highest BCUT2D eigenvalue weighted by molar-refractivity contribution is 7.89. The molecule has 7 nitrogen and oxygen atoms in total. The van der Waals surface area contributed by atoms with Crippen LogP contribution < -0.4 is 5.32 Å². The monoisotopic (exact) mass is 334 g/mol. The first-order valence-electron chi connectivity index (χ1n) is 6.34. The number of hydrogen-bond donors (Lipinski definition) is 2. The summed E-state index contributed by atoms with van der Waals surface area (Å²) in [5, 5.41) is 11.5. The molecule has 0 aliphatic heterocycles. The fourth-order valence-electron chi connectivity index (χ4n) is 1.75. The molecule has 2 N–H and O–H groups in total. The van der Waals surface area contributed by atoms with Gasteiger partial charge in [-0.1, -0.05) is 6.92 Å². The summed E-state index contributed by atoms with van der Waals surface area (Å²) in [7, 11) is -3.89.